The molecule has 1 aliphatic carbocycles. The molecule has 0 atom stereocenters. The number of nitrogens with one attached hydrogen (secondary N) is 1. The first-order chi connectivity index (χ1) is 13.0. The fraction of sp³-hybridized carbons (Fsp3) is 0.600. The molecule has 7 heteroatoms. The summed E-state index contributed by atoms with van der Waals surface area (Å²) in [5.74, 6) is 0.476. The van der Waals surface area contributed by atoms with Gasteiger partial charge in [0.05, 0.1) is 5.92 Å². The van der Waals surface area contributed by atoms with Gasteiger partial charge in [0.2, 0.25) is 11.8 Å². The summed E-state index contributed by atoms with van der Waals surface area (Å²) >= 11 is 0. The first-order valence-corrected chi connectivity index (χ1v) is 9.76. The first kappa shape index (κ1) is 17.9. The van der Waals surface area contributed by atoms with E-state index in [1.807, 2.05) is 11.0 Å². The molecule has 0 spiro atoms. The van der Waals surface area contributed by atoms with Crippen molar-refractivity contribution in [1.29, 1.82) is 0 Å². The van der Waals surface area contributed by atoms with Crippen LogP contribution in [-0.2, 0) is 9.59 Å². The summed E-state index contributed by atoms with van der Waals surface area (Å²) in [6.45, 7) is 4.12. The van der Waals surface area contributed by atoms with Crippen LogP contribution < -0.4 is 5.32 Å². The van der Waals surface area contributed by atoms with E-state index in [4.69, 9.17) is 0 Å². The molecule has 1 saturated carbocycles. The molecule has 0 bridgehead atoms. The lowest BCUT2D eigenvalue weighted by molar-refractivity contribution is -0.148. The van der Waals surface area contributed by atoms with Crippen LogP contribution >= 0.6 is 0 Å². The van der Waals surface area contributed by atoms with E-state index in [9.17, 15) is 14.4 Å². The van der Waals surface area contributed by atoms with Crippen molar-refractivity contribution in [3.8, 4) is 0 Å². The Hall–Kier alpha value is -2.44. The number of carbonyl (C=O) groups excluding carboxylic acids is 3. The number of likely N-dealkylation sites (tertiary alicyclic amines) is 2. The Kier molecular flexibility index (Phi) is 4.61. The van der Waals surface area contributed by atoms with E-state index in [0.29, 0.717) is 24.7 Å². The number of aromatic nitrogens is 1. The van der Waals surface area contributed by atoms with Crippen molar-refractivity contribution < 1.29 is 14.4 Å². The minimum atomic E-state index is -0.119. The first-order valence-electron chi connectivity index (χ1n) is 9.76. The maximum atomic E-state index is 12.6. The van der Waals surface area contributed by atoms with Crippen molar-refractivity contribution in [2.75, 3.05) is 26.2 Å². The van der Waals surface area contributed by atoms with E-state index in [1.54, 1.807) is 30.2 Å². The molecule has 1 aromatic heterocycles. The molecule has 1 aromatic rings. The van der Waals surface area contributed by atoms with Crippen LogP contribution in [0.4, 0.5) is 0 Å². The van der Waals surface area contributed by atoms with Gasteiger partial charge in [-0.3, -0.25) is 19.4 Å². The third-order valence-corrected chi connectivity index (χ3v) is 6.31. The number of nitrogens with zero attached hydrogens (tertiary/aromatic N) is 3. The Morgan fingerprint density at radius 3 is 2.37 bits per heavy atom. The molecule has 27 heavy (non-hydrogen) atoms. The molecule has 3 heterocycles. The van der Waals surface area contributed by atoms with Gasteiger partial charge in [0.25, 0.3) is 5.91 Å². The summed E-state index contributed by atoms with van der Waals surface area (Å²) in [4.78, 5) is 44.1. The molecule has 1 N–H and O–H groups in total. The molecule has 3 amide bonds. The van der Waals surface area contributed by atoms with E-state index in [0.717, 1.165) is 38.8 Å². The largest absolute Gasteiger partial charge is 0.345 e. The molecule has 7 nitrogen and oxygen atoms in total. The fourth-order valence-electron chi connectivity index (χ4n) is 4.36. The van der Waals surface area contributed by atoms with Crippen molar-refractivity contribution in [1.82, 2.24) is 20.1 Å². The van der Waals surface area contributed by atoms with Crippen LogP contribution in [0.25, 0.3) is 0 Å². The van der Waals surface area contributed by atoms with Gasteiger partial charge in [-0.15, -0.1) is 0 Å². The third kappa shape index (κ3) is 3.55. The van der Waals surface area contributed by atoms with Gasteiger partial charge in [0, 0.05) is 44.8 Å². The molecular weight excluding hydrogens is 344 g/mol. The number of hydrogen-bond acceptors (Lipinski definition) is 4. The summed E-state index contributed by atoms with van der Waals surface area (Å²) in [6, 6.07) is 5.35. The zero-order chi connectivity index (χ0) is 19.0. The predicted molar refractivity (Wildman–Crippen MR) is 98.7 cm³/mol. The second-order valence-electron chi connectivity index (χ2n) is 8.05. The standard InChI is InChI=1S/C20H26N4O3/c1-14(25)24-12-15(13-24)19(27)23-10-5-16(6-11-23)20(7-8-20)22-18(26)17-4-2-3-9-21-17/h2-4,9,15-16H,5-8,10-13H2,1H3,(H,22,26). The van der Waals surface area contributed by atoms with Crippen LogP contribution in [0.2, 0.25) is 0 Å². The highest BCUT2D eigenvalue weighted by atomic mass is 16.2. The van der Waals surface area contributed by atoms with E-state index in [2.05, 4.69) is 10.3 Å². The second kappa shape index (κ2) is 6.94. The van der Waals surface area contributed by atoms with Crippen LogP contribution in [-0.4, -0.2) is 64.2 Å². The highest BCUT2D eigenvalue weighted by Gasteiger charge is 2.51. The van der Waals surface area contributed by atoms with E-state index in [1.165, 1.54) is 0 Å². The summed E-state index contributed by atoms with van der Waals surface area (Å²) in [5.41, 5.74) is 0.336. The topological polar surface area (TPSA) is 82.6 Å². The van der Waals surface area contributed by atoms with Crippen LogP contribution in [0.15, 0.2) is 24.4 Å². The second-order valence-corrected chi connectivity index (χ2v) is 8.05. The zero-order valence-electron chi connectivity index (χ0n) is 15.7. The summed E-state index contributed by atoms with van der Waals surface area (Å²) in [6.07, 6.45) is 5.46. The van der Waals surface area contributed by atoms with Gasteiger partial charge in [0.15, 0.2) is 0 Å². The maximum Gasteiger partial charge on any atom is 0.270 e. The monoisotopic (exact) mass is 370 g/mol. The molecular formula is C20H26N4O3. The number of carbonyl (C=O) groups is 3. The molecule has 0 radical (unpaired) electrons. The number of piperidine rings is 1. The third-order valence-electron chi connectivity index (χ3n) is 6.31. The molecule has 0 unspecified atom stereocenters. The summed E-state index contributed by atoms with van der Waals surface area (Å²) < 4.78 is 0. The van der Waals surface area contributed by atoms with Crippen LogP contribution in [0.1, 0.15) is 43.1 Å². The fourth-order valence-corrected chi connectivity index (χ4v) is 4.36. The molecule has 2 saturated heterocycles. The quantitative estimate of drug-likeness (QED) is 0.859. The van der Waals surface area contributed by atoms with Crippen LogP contribution in [0.3, 0.4) is 0 Å². The Balaban J connectivity index is 1.28. The zero-order valence-corrected chi connectivity index (χ0v) is 15.7. The Morgan fingerprint density at radius 2 is 1.81 bits per heavy atom. The lowest BCUT2D eigenvalue weighted by Crippen LogP contribution is -2.57. The van der Waals surface area contributed by atoms with Gasteiger partial charge < -0.3 is 15.1 Å². The lowest BCUT2D eigenvalue weighted by atomic mass is 9.86. The molecule has 144 valence electrons. The van der Waals surface area contributed by atoms with E-state index in [-0.39, 0.29) is 29.2 Å². The average molecular weight is 370 g/mol. The van der Waals surface area contributed by atoms with Crippen LogP contribution in [0.5, 0.6) is 0 Å². The minimum absolute atomic E-state index is 0.0378. The SMILES string of the molecule is CC(=O)N1CC(C(=O)N2CCC(C3(NC(=O)c4ccccn4)CC3)CC2)C1. The number of pyridine rings is 1. The van der Waals surface area contributed by atoms with Gasteiger partial charge in [0.1, 0.15) is 5.69 Å². The average Bonchev–Trinajstić information content (AvgIpc) is 3.41. The molecule has 2 aliphatic heterocycles. The predicted octanol–water partition coefficient (Wildman–Crippen LogP) is 1.06. The van der Waals surface area contributed by atoms with Gasteiger partial charge in [-0.1, -0.05) is 6.07 Å². The van der Waals surface area contributed by atoms with E-state index < -0.39 is 0 Å². The van der Waals surface area contributed by atoms with Gasteiger partial charge in [-0.05, 0) is 43.7 Å². The van der Waals surface area contributed by atoms with E-state index >= 15 is 0 Å². The Bertz CT molecular complexity index is 733. The Labute approximate surface area is 159 Å². The lowest BCUT2D eigenvalue weighted by Gasteiger charge is -2.43. The molecule has 3 fully saturated rings. The summed E-state index contributed by atoms with van der Waals surface area (Å²) in [7, 11) is 0. The summed E-state index contributed by atoms with van der Waals surface area (Å²) in [5, 5.41) is 3.21. The van der Waals surface area contributed by atoms with Crippen molar-refractivity contribution in [2.45, 2.75) is 38.1 Å². The van der Waals surface area contributed by atoms with Crippen LogP contribution in [0, 0.1) is 11.8 Å². The van der Waals surface area contributed by atoms with Gasteiger partial charge >= 0.3 is 0 Å². The maximum absolute atomic E-state index is 12.6. The van der Waals surface area contributed by atoms with Crippen molar-refractivity contribution in [3.05, 3.63) is 30.1 Å². The minimum Gasteiger partial charge on any atom is -0.345 e. The number of hydrogen-bond donors (Lipinski definition) is 1. The molecule has 4 rings (SSSR count). The van der Waals surface area contributed by atoms with Crippen molar-refractivity contribution >= 4 is 17.7 Å². The van der Waals surface area contributed by atoms with Crippen molar-refractivity contribution in [2.24, 2.45) is 11.8 Å². The van der Waals surface area contributed by atoms with Gasteiger partial charge in [-0.2, -0.15) is 0 Å². The number of amides is 3. The van der Waals surface area contributed by atoms with Gasteiger partial charge in [-0.25, -0.2) is 0 Å². The Morgan fingerprint density at radius 1 is 1.11 bits per heavy atom. The molecule has 0 aromatic carbocycles. The smallest absolute Gasteiger partial charge is 0.270 e. The highest BCUT2D eigenvalue weighted by Crippen LogP contribution is 2.47. The molecule has 3 aliphatic rings. The highest BCUT2D eigenvalue weighted by molar-refractivity contribution is 5.93. The normalized spacial score (nSPS) is 22.1. The van der Waals surface area contributed by atoms with Crippen molar-refractivity contribution in [3.63, 3.8) is 0 Å². The number of rotatable bonds is 4.